The molecule has 0 bridgehead atoms. The maximum Gasteiger partial charge on any atom is 0.125 e. The molecule has 0 unspecified atom stereocenters. The molecule has 1 heterocycles. The highest BCUT2D eigenvalue weighted by atomic mass is 16.5. The second-order valence-electron chi connectivity index (χ2n) is 4.30. The van der Waals surface area contributed by atoms with E-state index in [4.69, 9.17) is 9.47 Å². The van der Waals surface area contributed by atoms with Crippen molar-refractivity contribution >= 4 is 0 Å². The van der Waals surface area contributed by atoms with Crippen LogP contribution in [0.1, 0.15) is 11.5 Å². The van der Waals surface area contributed by atoms with E-state index in [0.717, 1.165) is 36.1 Å². The summed E-state index contributed by atoms with van der Waals surface area (Å²) in [5.74, 6) is 2.46. The first-order valence-corrected chi connectivity index (χ1v) is 6.54. The summed E-state index contributed by atoms with van der Waals surface area (Å²) in [6.45, 7) is 3.97. The van der Waals surface area contributed by atoms with Gasteiger partial charge in [0, 0.05) is 19.3 Å². The van der Waals surface area contributed by atoms with Gasteiger partial charge in [-0.25, -0.2) is 9.97 Å². The van der Waals surface area contributed by atoms with Gasteiger partial charge in [0.1, 0.15) is 23.9 Å². The Balaban J connectivity index is 1.66. The van der Waals surface area contributed by atoms with Gasteiger partial charge in [-0.2, -0.15) is 0 Å². The SMILES string of the molecule is COc1ccc(OCCNCc2ccnc(C)n2)cc1. The van der Waals surface area contributed by atoms with Gasteiger partial charge in [-0.15, -0.1) is 0 Å². The van der Waals surface area contributed by atoms with E-state index in [1.165, 1.54) is 0 Å². The van der Waals surface area contributed by atoms with Crippen LogP contribution in [0.25, 0.3) is 0 Å². The summed E-state index contributed by atoms with van der Waals surface area (Å²) in [6, 6.07) is 9.46. The number of methoxy groups -OCH3 is 1. The number of nitrogens with one attached hydrogen (secondary N) is 1. The summed E-state index contributed by atoms with van der Waals surface area (Å²) in [7, 11) is 1.65. The van der Waals surface area contributed by atoms with Crippen LogP contribution in [0.15, 0.2) is 36.5 Å². The molecule has 106 valence electrons. The minimum atomic E-state index is 0.608. The van der Waals surface area contributed by atoms with E-state index in [1.54, 1.807) is 13.3 Å². The minimum Gasteiger partial charge on any atom is -0.497 e. The molecule has 0 saturated heterocycles. The predicted octanol–water partition coefficient (Wildman–Crippen LogP) is 1.96. The van der Waals surface area contributed by atoms with Crippen molar-refractivity contribution in [2.24, 2.45) is 0 Å². The molecule has 0 amide bonds. The van der Waals surface area contributed by atoms with Crippen molar-refractivity contribution in [2.75, 3.05) is 20.3 Å². The summed E-state index contributed by atoms with van der Waals surface area (Å²) in [6.07, 6.45) is 1.77. The Morgan fingerprint density at radius 2 is 1.85 bits per heavy atom. The van der Waals surface area contributed by atoms with Crippen molar-refractivity contribution in [3.8, 4) is 11.5 Å². The fourth-order valence-corrected chi connectivity index (χ4v) is 1.73. The van der Waals surface area contributed by atoms with Crippen molar-refractivity contribution in [3.05, 3.63) is 48.0 Å². The normalized spacial score (nSPS) is 10.3. The van der Waals surface area contributed by atoms with E-state index >= 15 is 0 Å². The minimum absolute atomic E-state index is 0.608. The number of aromatic nitrogens is 2. The second-order valence-corrected chi connectivity index (χ2v) is 4.30. The van der Waals surface area contributed by atoms with E-state index in [9.17, 15) is 0 Å². The lowest BCUT2D eigenvalue weighted by atomic mass is 10.3. The third-order valence-corrected chi connectivity index (χ3v) is 2.75. The third kappa shape index (κ3) is 4.51. The highest BCUT2D eigenvalue weighted by Crippen LogP contribution is 2.16. The van der Waals surface area contributed by atoms with Crippen molar-refractivity contribution in [2.45, 2.75) is 13.5 Å². The lowest BCUT2D eigenvalue weighted by molar-refractivity contribution is 0.312. The zero-order chi connectivity index (χ0) is 14.2. The smallest absolute Gasteiger partial charge is 0.125 e. The van der Waals surface area contributed by atoms with Crippen LogP contribution >= 0.6 is 0 Å². The zero-order valence-electron chi connectivity index (χ0n) is 11.8. The summed E-state index contributed by atoms with van der Waals surface area (Å²) < 4.78 is 10.7. The number of benzene rings is 1. The maximum absolute atomic E-state index is 5.62. The standard InChI is InChI=1S/C15H19N3O2/c1-12-17-8-7-13(18-12)11-16-9-10-20-15-5-3-14(19-2)4-6-15/h3-8,16H,9-11H2,1-2H3. The van der Waals surface area contributed by atoms with Crippen molar-refractivity contribution in [3.63, 3.8) is 0 Å². The summed E-state index contributed by atoms with van der Waals surface area (Å²) in [5.41, 5.74) is 0.988. The van der Waals surface area contributed by atoms with Crippen molar-refractivity contribution < 1.29 is 9.47 Å². The van der Waals surface area contributed by atoms with E-state index in [2.05, 4.69) is 15.3 Å². The van der Waals surface area contributed by atoms with Crippen LogP contribution in [0.5, 0.6) is 11.5 Å². The van der Waals surface area contributed by atoms with Crippen LogP contribution in [0.2, 0.25) is 0 Å². The molecule has 1 aromatic carbocycles. The molecule has 0 spiro atoms. The van der Waals surface area contributed by atoms with Gasteiger partial charge < -0.3 is 14.8 Å². The van der Waals surface area contributed by atoms with Gasteiger partial charge >= 0.3 is 0 Å². The third-order valence-electron chi connectivity index (χ3n) is 2.75. The Hall–Kier alpha value is -2.14. The molecule has 1 N–H and O–H groups in total. The summed E-state index contributed by atoms with van der Waals surface area (Å²) >= 11 is 0. The lowest BCUT2D eigenvalue weighted by Gasteiger charge is -2.08. The van der Waals surface area contributed by atoms with Crippen molar-refractivity contribution in [1.82, 2.24) is 15.3 Å². The summed E-state index contributed by atoms with van der Waals surface area (Å²) in [4.78, 5) is 8.38. The molecule has 0 fully saturated rings. The molecular formula is C15H19N3O2. The number of rotatable bonds is 7. The first-order chi connectivity index (χ1) is 9.78. The highest BCUT2D eigenvalue weighted by molar-refractivity contribution is 5.31. The van der Waals surface area contributed by atoms with E-state index in [0.29, 0.717) is 6.61 Å². The quantitative estimate of drug-likeness (QED) is 0.782. The van der Waals surface area contributed by atoms with E-state index < -0.39 is 0 Å². The average Bonchev–Trinajstić information content (AvgIpc) is 2.48. The molecule has 5 nitrogen and oxygen atoms in total. The number of nitrogens with zero attached hydrogens (tertiary/aromatic N) is 2. The Labute approximate surface area is 119 Å². The van der Waals surface area contributed by atoms with E-state index in [-0.39, 0.29) is 0 Å². The average molecular weight is 273 g/mol. The molecule has 0 atom stereocenters. The summed E-state index contributed by atoms with van der Waals surface area (Å²) in [5, 5.41) is 3.28. The van der Waals surface area contributed by atoms with Gasteiger partial charge in [0.05, 0.1) is 12.8 Å². The topological polar surface area (TPSA) is 56.3 Å². The number of aryl methyl sites for hydroxylation is 1. The molecule has 0 aliphatic heterocycles. The first-order valence-electron chi connectivity index (χ1n) is 6.54. The van der Waals surface area contributed by atoms with Crippen molar-refractivity contribution in [1.29, 1.82) is 0 Å². The Kier molecular flexibility index (Phi) is 5.32. The molecule has 5 heteroatoms. The molecule has 0 saturated carbocycles. The van der Waals surface area contributed by atoms with Crippen LogP contribution in [0.3, 0.4) is 0 Å². The van der Waals surface area contributed by atoms with Gasteiger partial charge in [-0.05, 0) is 37.3 Å². The second kappa shape index (κ2) is 7.45. The highest BCUT2D eigenvalue weighted by Gasteiger charge is 1.97. The Morgan fingerprint density at radius 1 is 1.10 bits per heavy atom. The number of hydrogen-bond donors (Lipinski definition) is 1. The first kappa shape index (κ1) is 14.3. The molecule has 2 aromatic rings. The van der Waals surface area contributed by atoms with Gasteiger partial charge in [-0.1, -0.05) is 0 Å². The van der Waals surface area contributed by atoms with Gasteiger partial charge in [0.2, 0.25) is 0 Å². The van der Waals surface area contributed by atoms with Gasteiger partial charge in [0.15, 0.2) is 0 Å². The predicted molar refractivity (Wildman–Crippen MR) is 77.0 cm³/mol. The Morgan fingerprint density at radius 3 is 2.55 bits per heavy atom. The van der Waals surface area contributed by atoms with Gasteiger partial charge in [0.25, 0.3) is 0 Å². The van der Waals surface area contributed by atoms with Crippen LogP contribution in [-0.4, -0.2) is 30.2 Å². The van der Waals surface area contributed by atoms with Gasteiger partial charge in [-0.3, -0.25) is 0 Å². The Bertz CT molecular complexity index is 529. The van der Waals surface area contributed by atoms with Crippen LogP contribution < -0.4 is 14.8 Å². The fourth-order valence-electron chi connectivity index (χ4n) is 1.73. The zero-order valence-corrected chi connectivity index (χ0v) is 11.8. The molecule has 2 rings (SSSR count). The maximum atomic E-state index is 5.62. The number of ether oxygens (including phenoxy) is 2. The molecular weight excluding hydrogens is 254 g/mol. The molecule has 0 radical (unpaired) electrons. The fraction of sp³-hybridized carbons (Fsp3) is 0.333. The molecule has 0 aliphatic rings. The molecule has 1 aromatic heterocycles. The molecule has 20 heavy (non-hydrogen) atoms. The number of hydrogen-bond acceptors (Lipinski definition) is 5. The van der Waals surface area contributed by atoms with Crippen LogP contribution in [0.4, 0.5) is 0 Å². The van der Waals surface area contributed by atoms with Crippen LogP contribution in [0, 0.1) is 6.92 Å². The largest absolute Gasteiger partial charge is 0.497 e. The van der Waals surface area contributed by atoms with Crippen LogP contribution in [-0.2, 0) is 6.54 Å². The lowest BCUT2D eigenvalue weighted by Crippen LogP contribution is -2.21. The van der Waals surface area contributed by atoms with E-state index in [1.807, 2.05) is 37.3 Å². The monoisotopic (exact) mass is 273 g/mol. The molecule has 0 aliphatic carbocycles.